The molecule has 2 rings (SSSR count). The topological polar surface area (TPSA) is 58.9 Å². The Hall–Kier alpha value is -0.650. The first-order valence-corrected chi connectivity index (χ1v) is 5.82. The van der Waals surface area contributed by atoms with Crippen LogP contribution in [-0.2, 0) is 16.6 Å². The van der Waals surface area contributed by atoms with Crippen LogP contribution in [0, 0.1) is 0 Å². The number of halogens is 2. The molecule has 0 atom stereocenters. The van der Waals surface area contributed by atoms with E-state index in [0.717, 1.165) is 0 Å². The summed E-state index contributed by atoms with van der Waals surface area (Å²) >= 11 is 11.5. The lowest BCUT2D eigenvalue weighted by atomic mass is 10.2. The summed E-state index contributed by atoms with van der Waals surface area (Å²) < 4.78 is 26.0. The molecule has 1 aromatic rings. The summed E-state index contributed by atoms with van der Waals surface area (Å²) in [5.74, 6) is 0. The van der Waals surface area contributed by atoms with Gasteiger partial charge in [0.25, 0.3) is 0 Å². The first-order chi connectivity index (χ1) is 6.52. The number of rotatable bonds is 0. The molecule has 1 aliphatic heterocycles. The molecule has 0 radical (unpaired) electrons. The van der Waals surface area contributed by atoms with Gasteiger partial charge in [-0.3, -0.25) is 0 Å². The number of hydrogen-bond donors (Lipinski definition) is 0. The third-order valence-electron chi connectivity index (χ3n) is 1.80. The van der Waals surface area contributed by atoms with Crippen LogP contribution in [0.1, 0.15) is 5.56 Å². The number of sulfonamides is 1. The third-order valence-corrected chi connectivity index (χ3v) is 4.02. The van der Waals surface area contributed by atoms with E-state index in [1.165, 1.54) is 0 Å². The fourth-order valence-corrected chi connectivity index (χ4v) is 2.98. The van der Waals surface area contributed by atoms with Crippen LogP contribution in [0.15, 0.2) is 26.7 Å². The van der Waals surface area contributed by atoms with Gasteiger partial charge in [0, 0.05) is 0 Å². The molecule has 1 aliphatic rings. The van der Waals surface area contributed by atoms with E-state index < -0.39 is 10.0 Å². The van der Waals surface area contributed by atoms with Crippen LogP contribution in [0.25, 0.3) is 0 Å². The Balaban J connectivity index is 2.84. The van der Waals surface area contributed by atoms with Crippen LogP contribution in [0.4, 0.5) is 0 Å². The zero-order valence-electron chi connectivity index (χ0n) is 6.74. The van der Waals surface area contributed by atoms with Gasteiger partial charge in [-0.05, 0) is 11.6 Å². The molecule has 0 bridgehead atoms. The molecule has 0 unspecified atom stereocenters. The Morgan fingerprint density at radius 1 is 1.29 bits per heavy atom. The first kappa shape index (κ1) is 9.89. The van der Waals surface area contributed by atoms with Gasteiger partial charge in [0.05, 0.1) is 16.6 Å². The van der Waals surface area contributed by atoms with E-state index in [9.17, 15) is 8.42 Å². The largest absolute Gasteiger partial charge is 0.301 e. The van der Waals surface area contributed by atoms with Crippen LogP contribution in [0.3, 0.4) is 0 Å². The maximum atomic E-state index is 11.4. The van der Waals surface area contributed by atoms with Crippen molar-refractivity contribution in [1.29, 1.82) is 0 Å². The molecule has 1 aromatic carbocycles. The summed E-state index contributed by atoms with van der Waals surface area (Å²) in [7, 11) is -3.75. The molecule has 0 fully saturated rings. The van der Waals surface area contributed by atoms with Gasteiger partial charge in [0.15, 0.2) is 0 Å². The molecule has 74 valence electrons. The average molecular weight is 251 g/mol. The maximum Gasteiger partial charge on any atom is 0.301 e. The molecule has 0 amide bonds. The van der Waals surface area contributed by atoms with Crippen molar-refractivity contribution in [3.05, 3.63) is 27.7 Å². The number of hydrogen-bond acceptors (Lipinski definition) is 3. The Labute approximate surface area is 90.6 Å². The Morgan fingerprint density at radius 3 is 2.71 bits per heavy atom. The average Bonchev–Trinajstić information content (AvgIpc) is 2.10. The van der Waals surface area contributed by atoms with Crippen molar-refractivity contribution >= 4 is 33.2 Å². The van der Waals surface area contributed by atoms with Gasteiger partial charge in [0.1, 0.15) is 4.90 Å². The second kappa shape index (κ2) is 3.18. The minimum atomic E-state index is -3.75. The number of benzene rings is 1. The molecule has 0 N–H and O–H groups in total. The summed E-state index contributed by atoms with van der Waals surface area (Å²) in [6.45, 7) is 0.214. The second-order valence-corrected chi connectivity index (χ2v) is 5.01. The molecule has 0 aromatic heterocycles. The van der Waals surface area contributed by atoms with Crippen molar-refractivity contribution in [3.63, 3.8) is 0 Å². The third kappa shape index (κ3) is 1.41. The van der Waals surface area contributed by atoms with Crippen molar-refractivity contribution in [2.24, 2.45) is 9.63 Å². The van der Waals surface area contributed by atoms with Crippen molar-refractivity contribution in [2.75, 3.05) is 0 Å². The predicted octanol–water partition coefficient (Wildman–Crippen LogP) is 2.65. The normalized spacial score (nSPS) is 17.9. The zero-order chi connectivity index (χ0) is 10.3. The smallest absolute Gasteiger partial charge is 0.198 e. The maximum absolute atomic E-state index is 11.4. The van der Waals surface area contributed by atoms with Crippen molar-refractivity contribution < 1.29 is 8.42 Å². The van der Waals surface area contributed by atoms with Crippen LogP contribution < -0.4 is 0 Å². The summed E-state index contributed by atoms with van der Waals surface area (Å²) in [6.07, 6.45) is 0. The highest BCUT2D eigenvalue weighted by Gasteiger charge is 2.26. The SMILES string of the molecule is O=S1(=O)N=NCc2ccc(Cl)c(Cl)c21. The van der Waals surface area contributed by atoms with Gasteiger partial charge in [-0.25, -0.2) is 0 Å². The fourth-order valence-electron chi connectivity index (χ4n) is 1.20. The Morgan fingerprint density at radius 2 is 2.00 bits per heavy atom. The van der Waals surface area contributed by atoms with Crippen LogP contribution in [0.5, 0.6) is 0 Å². The van der Waals surface area contributed by atoms with Crippen molar-refractivity contribution in [1.82, 2.24) is 0 Å². The van der Waals surface area contributed by atoms with E-state index in [1.54, 1.807) is 12.1 Å². The minimum Gasteiger partial charge on any atom is -0.198 e. The number of nitrogens with zero attached hydrogens (tertiary/aromatic N) is 2. The van der Waals surface area contributed by atoms with E-state index >= 15 is 0 Å². The second-order valence-electron chi connectivity index (χ2n) is 2.71. The zero-order valence-corrected chi connectivity index (χ0v) is 9.07. The van der Waals surface area contributed by atoms with E-state index in [2.05, 4.69) is 9.63 Å². The van der Waals surface area contributed by atoms with Crippen molar-refractivity contribution in [2.45, 2.75) is 11.4 Å². The number of fused-ring (bicyclic) bond motifs is 1. The van der Waals surface area contributed by atoms with Crippen LogP contribution >= 0.6 is 23.2 Å². The van der Waals surface area contributed by atoms with E-state index in [4.69, 9.17) is 23.2 Å². The lowest BCUT2D eigenvalue weighted by Crippen LogP contribution is -2.06. The highest BCUT2D eigenvalue weighted by molar-refractivity contribution is 7.90. The highest BCUT2D eigenvalue weighted by atomic mass is 35.5. The molecule has 7 heteroatoms. The van der Waals surface area contributed by atoms with Crippen LogP contribution in [-0.4, -0.2) is 8.42 Å². The molecule has 4 nitrogen and oxygen atoms in total. The Kier molecular flexibility index (Phi) is 2.25. The van der Waals surface area contributed by atoms with Crippen molar-refractivity contribution in [3.8, 4) is 0 Å². The van der Waals surface area contributed by atoms with E-state index in [0.29, 0.717) is 5.56 Å². The van der Waals surface area contributed by atoms with Gasteiger partial charge in [-0.1, -0.05) is 33.8 Å². The van der Waals surface area contributed by atoms with Gasteiger partial charge in [0.2, 0.25) is 0 Å². The summed E-state index contributed by atoms with van der Waals surface area (Å²) in [5, 5.41) is 3.69. The van der Waals surface area contributed by atoms with Gasteiger partial charge in [-0.2, -0.15) is 13.5 Å². The highest BCUT2D eigenvalue weighted by Crippen LogP contribution is 2.35. The minimum absolute atomic E-state index is 0.0165. The summed E-state index contributed by atoms with van der Waals surface area (Å²) in [4.78, 5) is -0.0262. The molecule has 0 aliphatic carbocycles. The molecule has 0 saturated carbocycles. The predicted molar refractivity (Wildman–Crippen MR) is 52.2 cm³/mol. The molecule has 0 spiro atoms. The first-order valence-electron chi connectivity index (χ1n) is 3.63. The molecular weight excluding hydrogens is 247 g/mol. The Bertz CT molecular complexity index is 525. The molecular formula is C7H4Cl2N2O2S. The van der Waals surface area contributed by atoms with Crippen LogP contribution in [0.2, 0.25) is 10.0 Å². The quantitative estimate of drug-likeness (QED) is 0.711. The fraction of sp³-hybridized carbons (Fsp3) is 0.143. The molecule has 0 saturated heterocycles. The monoisotopic (exact) mass is 250 g/mol. The van der Waals surface area contributed by atoms with E-state index in [-0.39, 0.29) is 21.5 Å². The van der Waals surface area contributed by atoms with E-state index in [1.807, 2.05) is 0 Å². The summed E-state index contributed by atoms with van der Waals surface area (Å²) in [6, 6.07) is 3.12. The summed E-state index contributed by atoms with van der Waals surface area (Å²) in [5.41, 5.74) is 0.523. The molecule has 14 heavy (non-hydrogen) atoms. The lowest BCUT2D eigenvalue weighted by Gasteiger charge is -2.11. The standard InChI is InChI=1S/C7H4Cl2N2O2S/c8-5-2-1-4-3-10-11-14(12,13)7(4)6(5)9/h1-2H,3H2. The van der Waals surface area contributed by atoms with Gasteiger partial charge < -0.3 is 0 Å². The lowest BCUT2D eigenvalue weighted by molar-refractivity contribution is 0.589. The van der Waals surface area contributed by atoms with Gasteiger partial charge >= 0.3 is 10.0 Å². The molecule has 1 heterocycles. The van der Waals surface area contributed by atoms with Gasteiger partial charge in [-0.15, -0.1) is 0 Å².